The van der Waals surface area contributed by atoms with Crippen LogP contribution in [0.15, 0.2) is 48.8 Å². The smallest absolute Gasteiger partial charge is 0.237 e. The molecule has 2 aromatic carbocycles. The Morgan fingerprint density at radius 1 is 0.851 bits per heavy atom. The summed E-state index contributed by atoms with van der Waals surface area (Å²) in [4.78, 5) is 32.1. The lowest BCUT2D eigenvalue weighted by atomic mass is 9.98. The number of nitrogens with one attached hydrogen (secondary N) is 1. The fraction of sp³-hybridized carbons (Fsp3) is 0.382. The largest absolute Gasteiger partial charge is 0.480 e. The van der Waals surface area contributed by atoms with Crippen LogP contribution in [0.5, 0.6) is 11.8 Å². The molecular weight excluding hydrogens is 643 g/mol. The second kappa shape index (κ2) is 14.5. The quantitative estimate of drug-likeness (QED) is 0.204. The van der Waals surface area contributed by atoms with Gasteiger partial charge in [-0.2, -0.15) is 0 Å². The van der Waals surface area contributed by atoms with Crippen molar-refractivity contribution < 1.29 is 24.5 Å². The summed E-state index contributed by atoms with van der Waals surface area (Å²) in [6.07, 6.45) is 5.62. The average molecular weight is 680 g/mol. The predicted molar refractivity (Wildman–Crippen MR) is 178 cm³/mol. The van der Waals surface area contributed by atoms with Crippen molar-refractivity contribution in [3.05, 3.63) is 70.2 Å². The molecule has 4 heterocycles. The summed E-state index contributed by atoms with van der Waals surface area (Å²) in [5.74, 6) is 0.888. The van der Waals surface area contributed by atoms with Crippen LogP contribution in [0.1, 0.15) is 37.1 Å². The van der Waals surface area contributed by atoms with Gasteiger partial charge in [-0.3, -0.25) is 19.7 Å². The number of rotatable bonds is 11. The number of nitrogens with zero attached hydrogens (tertiary/aromatic N) is 5. The van der Waals surface area contributed by atoms with Gasteiger partial charge in [0.2, 0.25) is 17.7 Å². The Labute approximate surface area is 282 Å². The summed E-state index contributed by atoms with van der Waals surface area (Å²) in [5, 5.41) is 23.7. The zero-order chi connectivity index (χ0) is 33.1. The topological polar surface area (TPSA) is 143 Å². The normalized spacial score (nSPS) is 19.6. The van der Waals surface area contributed by atoms with E-state index in [0.717, 1.165) is 25.0 Å². The molecule has 2 aliphatic heterocycles. The molecule has 0 bridgehead atoms. The van der Waals surface area contributed by atoms with Gasteiger partial charge in [0.15, 0.2) is 0 Å². The van der Waals surface area contributed by atoms with Gasteiger partial charge in [-0.1, -0.05) is 59.6 Å². The van der Waals surface area contributed by atoms with E-state index in [1.807, 2.05) is 41.3 Å². The van der Waals surface area contributed by atoms with Crippen LogP contribution in [0.4, 0.5) is 0 Å². The number of amides is 1. The number of carbonyl (C=O) groups is 1. The van der Waals surface area contributed by atoms with E-state index >= 15 is 0 Å². The number of likely N-dealkylation sites (tertiary alicyclic amines) is 1. The first kappa shape index (κ1) is 33.0. The van der Waals surface area contributed by atoms with Crippen LogP contribution in [0, 0.1) is 0 Å². The number of halogens is 2. The van der Waals surface area contributed by atoms with Crippen LogP contribution in [0.3, 0.4) is 0 Å². The number of aliphatic hydroxyl groups excluding tert-OH is 2. The van der Waals surface area contributed by atoms with Gasteiger partial charge >= 0.3 is 0 Å². The summed E-state index contributed by atoms with van der Waals surface area (Å²) >= 11 is 14.1. The Kier molecular flexibility index (Phi) is 10.2. The highest BCUT2D eigenvalue weighted by molar-refractivity contribution is 6.39. The standard InChI is InChI=1S/C34H36Cl2N6O5/c1-46-33-24(11-3-6-19-12-13-30(45)39-19)37-14-25(40-33)22-9-4-7-20(31(22)35)21-8-5-10-23(32(21)36)26-15-38-27(34(41-26)47-2)16-42-17-28(43)29(44)18-42/h4-5,7-10,14-15,19,28-29,43-44H,3,6,11-13,16-18H2,1-2H3,(H,39,45)/t19-,28+,29+/m1/s1. The first-order valence-corrected chi connectivity index (χ1v) is 16.3. The number of carbonyl (C=O) groups excluding carboxylic acids is 1. The molecule has 4 aromatic rings. The SMILES string of the molecule is COc1nc(-c2cccc(-c3cccc(-c4cnc(CN5C[C@H](O)[C@@H](O)C5)c(OC)n4)c3Cl)c2Cl)cnc1CCC[C@@H]1CCC(=O)N1. The van der Waals surface area contributed by atoms with E-state index in [0.29, 0.717) is 93.6 Å². The van der Waals surface area contributed by atoms with E-state index in [1.165, 1.54) is 7.11 Å². The van der Waals surface area contributed by atoms with Crippen LogP contribution < -0.4 is 14.8 Å². The minimum Gasteiger partial charge on any atom is -0.480 e. The van der Waals surface area contributed by atoms with Gasteiger partial charge in [-0.25, -0.2) is 9.97 Å². The van der Waals surface area contributed by atoms with Crippen molar-refractivity contribution in [3.63, 3.8) is 0 Å². The number of β-amino-alcohol motifs (C(OH)–C–C–N with tert-alkyl or cyclic N) is 2. The van der Waals surface area contributed by atoms with E-state index < -0.39 is 12.2 Å². The average Bonchev–Trinajstić information content (AvgIpc) is 3.64. The summed E-state index contributed by atoms with van der Waals surface area (Å²) in [7, 11) is 3.10. The number of hydrogen-bond acceptors (Lipinski definition) is 10. The monoisotopic (exact) mass is 678 g/mol. The molecule has 3 atom stereocenters. The lowest BCUT2D eigenvalue weighted by Crippen LogP contribution is -2.25. The van der Waals surface area contributed by atoms with Crippen LogP contribution in [0.25, 0.3) is 33.6 Å². The van der Waals surface area contributed by atoms with Crippen LogP contribution >= 0.6 is 23.2 Å². The number of aromatic nitrogens is 4. The molecule has 0 saturated carbocycles. The van der Waals surface area contributed by atoms with Gasteiger partial charge in [-0.05, 0) is 25.7 Å². The highest BCUT2D eigenvalue weighted by atomic mass is 35.5. The zero-order valence-electron chi connectivity index (χ0n) is 26.1. The van der Waals surface area contributed by atoms with Crippen molar-refractivity contribution in [2.45, 2.75) is 56.9 Å². The van der Waals surface area contributed by atoms with E-state index in [1.54, 1.807) is 19.5 Å². The van der Waals surface area contributed by atoms with Crippen LogP contribution in [0.2, 0.25) is 10.0 Å². The van der Waals surface area contributed by atoms with Gasteiger partial charge in [0.05, 0.1) is 60.3 Å². The fourth-order valence-electron chi connectivity index (χ4n) is 6.13. The van der Waals surface area contributed by atoms with Gasteiger partial charge in [0.25, 0.3) is 0 Å². The van der Waals surface area contributed by atoms with Crippen molar-refractivity contribution in [2.75, 3.05) is 27.3 Å². The summed E-state index contributed by atoms with van der Waals surface area (Å²) in [6.45, 7) is 1.05. The molecule has 2 aromatic heterocycles. The molecule has 6 rings (SSSR count). The van der Waals surface area contributed by atoms with E-state index in [2.05, 4.69) is 15.3 Å². The lowest BCUT2D eigenvalue weighted by molar-refractivity contribution is -0.119. The maximum absolute atomic E-state index is 11.5. The molecule has 246 valence electrons. The molecule has 0 spiro atoms. The number of hydrogen-bond donors (Lipinski definition) is 3. The zero-order valence-corrected chi connectivity index (χ0v) is 27.6. The first-order chi connectivity index (χ1) is 22.7. The Balaban J connectivity index is 1.24. The number of ether oxygens (including phenoxy) is 2. The Hall–Kier alpha value is -3.87. The third-order valence-corrected chi connectivity index (χ3v) is 9.42. The van der Waals surface area contributed by atoms with Gasteiger partial charge in [-0.15, -0.1) is 0 Å². The molecule has 2 fully saturated rings. The van der Waals surface area contributed by atoms with Crippen molar-refractivity contribution in [2.24, 2.45) is 0 Å². The highest BCUT2D eigenvalue weighted by Gasteiger charge is 2.30. The third-order valence-electron chi connectivity index (χ3n) is 8.61. The number of benzene rings is 2. The molecule has 13 heteroatoms. The van der Waals surface area contributed by atoms with Gasteiger partial charge in [0.1, 0.15) is 11.4 Å². The van der Waals surface area contributed by atoms with Gasteiger partial charge in [0, 0.05) is 54.4 Å². The molecule has 0 unspecified atom stereocenters. The molecule has 47 heavy (non-hydrogen) atoms. The van der Waals surface area contributed by atoms with Crippen molar-refractivity contribution in [3.8, 4) is 45.4 Å². The minimum absolute atomic E-state index is 0.116. The molecule has 0 aliphatic carbocycles. The van der Waals surface area contributed by atoms with Crippen molar-refractivity contribution in [1.82, 2.24) is 30.2 Å². The molecule has 3 N–H and O–H groups in total. The summed E-state index contributed by atoms with van der Waals surface area (Å²) < 4.78 is 11.2. The highest BCUT2D eigenvalue weighted by Crippen LogP contribution is 2.42. The predicted octanol–water partition coefficient (Wildman–Crippen LogP) is 4.73. The molecular formula is C34H36Cl2N6O5. The summed E-state index contributed by atoms with van der Waals surface area (Å²) in [6, 6.07) is 11.5. The summed E-state index contributed by atoms with van der Waals surface area (Å²) in [5.41, 5.74) is 5.17. The van der Waals surface area contributed by atoms with Gasteiger partial charge < -0.3 is 25.0 Å². The number of aryl methyl sites for hydroxylation is 1. The maximum atomic E-state index is 11.5. The Morgan fingerprint density at radius 3 is 1.91 bits per heavy atom. The molecule has 2 saturated heterocycles. The number of aliphatic hydroxyl groups is 2. The van der Waals surface area contributed by atoms with Crippen LogP contribution in [-0.4, -0.2) is 86.5 Å². The van der Waals surface area contributed by atoms with Crippen LogP contribution in [-0.2, 0) is 17.8 Å². The fourth-order valence-corrected chi connectivity index (χ4v) is 6.78. The van der Waals surface area contributed by atoms with Crippen molar-refractivity contribution in [1.29, 1.82) is 0 Å². The number of methoxy groups -OCH3 is 2. The molecule has 0 radical (unpaired) electrons. The lowest BCUT2D eigenvalue weighted by Gasteiger charge is -2.17. The van der Waals surface area contributed by atoms with E-state index in [9.17, 15) is 15.0 Å². The minimum atomic E-state index is -0.794. The second-order valence-electron chi connectivity index (χ2n) is 11.8. The Morgan fingerprint density at radius 2 is 1.38 bits per heavy atom. The first-order valence-electron chi connectivity index (χ1n) is 15.5. The van der Waals surface area contributed by atoms with E-state index in [4.69, 9.17) is 42.6 Å². The Bertz CT molecular complexity index is 1770. The second-order valence-corrected chi connectivity index (χ2v) is 12.5. The molecule has 2 aliphatic rings. The maximum Gasteiger partial charge on any atom is 0.237 e. The van der Waals surface area contributed by atoms with Crippen molar-refractivity contribution >= 4 is 29.1 Å². The molecule has 11 nitrogen and oxygen atoms in total. The molecule has 1 amide bonds. The van der Waals surface area contributed by atoms with E-state index in [-0.39, 0.29) is 11.9 Å². The third kappa shape index (κ3) is 7.19.